The number of aliphatic hydroxyl groups is 1. The van der Waals surface area contributed by atoms with E-state index in [4.69, 9.17) is 5.11 Å². The summed E-state index contributed by atoms with van der Waals surface area (Å²) in [6.07, 6.45) is 1.52. The van der Waals surface area contributed by atoms with Gasteiger partial charge in [0.25, 0.3) is 0 Å². The van der Waals surface area contributed by atoms with Crippen LogP contribution in [-0.4, -0.2) is 23.8 Å². The maximum Gasteiger partial charge on any atom is 0.126 e. The summed E-state index contributed by atoms with van der Waals surface area (Å²) in [5, 5.41) is 12.3. The van der Waals surface area contributed by atoms with Crippen LogP contribution in [-0.2, 0) is 6.42 Å². The molecule has 0 saturated heterocycles. The smallest absolute Gasteiger partial charge is 0.126 e. The van der Waals surface area contributed by atoms with Crippen LogP contribution in [0.2, 0.25) is 0 Å². The molecule has 0 saturated carbocycles. The minimum atomic E-state index is -0.159. The molecule has 3 heteroatoms. The van der Waals surface area contributed by atoms with Crippen molar-refractivity contribution < 1.29 is 9.50 Å². The molecule has 0 radical (unpaired) electrons. The zero-order chi connectivity index (χ0) is 12.0. The summed E-state index contributed by atoms with van der Waals surface area (Å²) < 4.78 is 13.4. The van der Waals surface area contributed by atoms with Gasteiger partial charge in [-0.15, -0.1) is 0 Å². The van der Waals surface area contributed by atoms with Crippen molar-refractivity contribution >= 4 is 0 Å². The van der Waals surface area contributed by atoms with Crippen molar-refractivity contribution in [2.75, 3.05) is 6.61 Å². The number of hydrogen-bond donors (Lipinski definition) is 2. The minimum Gasteiger partial charge on any atom is -0.395 e. The molecule has 0 aliphatic carbocycles. The molecule has 1 rings (SSSR count). The van der Waals surface area contributed by atoms with Crippen LogP contribution in [0.3, 0.4) is 0 Å². The standard InChI is InChI=1S/C13H20FNO/c1-3-12(9-16)15-10(2)8-11-6-4-5-7-13(11)14/h4-7,10,12,15-16H,3,8-9H2,1-2H3/t10?,12-/m1/s1. The fourth-order valence-electron chi connectivity index (χ4n) is 1.75. The van der Waals surface area contributed by atoms with E-state index in [0.717, 1.165) is 12.0 Å². The molecule has 0 fully saturated rings. The van der Waals surface area contributed by atoms with Crippen molar-refractivity contribution in [3.63, 3.8) is 0 Å². The van der Waals surface area contributed by atoms with Crippen molar-refractivity contribution in [2.45, 2.75) is 38.8 Å². The number of aliphatic hydroxyl groups excluding tert-OH is 1. The van der Waals surface area contributed by atoms with E-state index in [1.165, 1.54) is 6.07 Å². The number of benzene rings is 1. The lowest BCUT2D eigenvalue weighted by Gasteiger charge is -2.20. The molecule has 2 N–H and O–H groups in total. The molecule has 0 aliphatic heterocycles. The predicted octanol–water partition coefficient (Wildman–Crippen LogP) is 2.12. The van der Waals surface area contributed by atoms with Crippen LogP contribution < -0.4 is 5.32 Å². The Morgan fingerprint density at radius 3 is 2.62 bits per heavy atom. The number of hydrogen-bond acceptors (Lipinski definition) is 2. The van der Waals surface area contributed by atoms with Crippen molar-refractivity contribution in [1.29, 1.82) is 0 Å². The van der Waals surface area contributed by atoms with Crippen LogP contribution in [0.1, 0.15) is 25.8 Å². The largest absolute Gasteiger partial charge is 0.395 e. The average Bonchev–Trinajstić information content (AvgIpc) is 2.29. The highest BCUT2D eigenvalue weighted by Gasteiger charge is 2.11. The molecule has 0 spiro atoms. The van der Waals surface area contributed by atoms with Gasteiger partial charge in [0, 0.05) is 12.1 Å². The molecule has 1 aromatic carbocycles. The number of halogens is 1. The number of rotatable bonds is 6. The summed E-state index contributed by atoms with van der Waals surface area (Å²) in [5.41, 5.74) is 0.718. The maximum absolute atomic E-state index is 13.4. The van der Waals surface area contributed by atoms with Gasteiger partial charge in [0.2, 0.25) is 0 Å². The molecule has 0 bridgehead atoms. The highest BCUT2D eigenvalue weighted by molar-refractivity contribution is 5.18. The predicted molar refractivity (Wildman–Crippen MR) is 63.9 cm³/mol. The second-order valence-corrected chi connectivity index (χ2v) is 4.15. The molecular weight excluding hydrogens is 205 g/mol. The summed E-state index contributed by atoms with van der Waals surface area (Å²) in [7, 11) is 0. The van der Waals surface area contributed by atoms with Gasteiger partial charge in [-0.1, -0.05) is 25.1 Å². The van der Waals surface area contributed by atoms with E-state index in [2.05, 4.69) is 5.32 Å². The molecule has 2 nitrogen and oxygen atoms in total. The molecule has 0 amide bonds. The molecule has 90 valence electrons. The highest BCUT2D eigenvalue weighted by Crippen LogP contribution is 2.09. The summed E-state index contributed by atoms with van der Waals surface area (Å²) >= 11 is 0. The van der Waals surface area contributed by atoms with E-state index < -0.39 is 0 Å². The van der Waals surface area contributed by atoms with Gasteiger partial charge in [-0.3, -0.25) is 0 Å². The third-order valence-electron chi connectivity index (χ3n) is 2.72. The lowest BCUT2D eigenvalue weighted by atomic mass is 10.1. The zero-order valence-corrected chi connectivity index (χ0v) is 9.91. The Morgan fingerprint density at radius 1 is 1.38 bits per heavy atom. The molecule has 1 unspecified atom stereocenters. The summed E-state index contributed by atoms with van der Waals surface area (Å²) in [4.78, 5) is 0. The van der Waals surface area contributed by atoms with Crippen LogP contribution in [0.5, 0.6) is 0 Å². The first-order valence-corrected chi connectivity index (χ1v) is 5.77. The fourth-order valence-corrected chi connectivity index (χ4v) is 1.75. The van der Waals surface area contributed by atoms with Gasteiger partial charge in [-0.05, 0) is 31.4 Å². The average molecular weight is 225 g/mol. The van der Waals surface area contributed by atoms with Crippen LogP contribution in [0, 0.1) is 5.82 Å². The monoisotopic (exact) mass is 225 g/mol. The second-order valence-electron chi connectivity index (χ2n) is 4.15. The third-order valence-corrected chi connectivity index (χ3v) is 2.72. The molecule has 2 atom stereocenters. The van der Waals surface area contributed by atoms with E-state index in [0.29, 0.717) is 6.42 Å². The molecule has 1 aromatic rings. The topological polar surface area (TPSA) is 32.3 Å². The zero-order valence-electron chi connectivity index (χ0n) is 9.91. The Labute approximate surface area is 96.5 Å². The Hall–Kier alpha value is -0.930. The molecular formula is C13H20FNO. The molecule has 16 heavy (non-hydrogen) atoms. The summed E-state index contributed by atoms with van der Waals surface area (Å²) in [5.74, 6) is -0.159. The van der Waals surface area contributed by atoms with Gasteiger partial charge in [-0.2, -0.15) is 0 Å². The van der Waals surface area contributed by atoms with E-state index in [9.17, 15) is 4.39 Å². The SMILES string of the molecule is CC[C@H](CO)NC(C)Cc1ccccc1F. The fraction of sp³-hybridized carbons (Fsp3) is 0.538. The van der Waals surface area contributed by atoms with E-state index in [1.54, 1.807) is 12.1 Å². The third kappa shape index (κ3) is 3.91. The quantitative estimate of drug-likeness (QED) is 0.777. The van der Waals surface area contributed by atoms with Crippen LogP contribution in [0.4, 0.5) is 4.39 Å². The second kappa shape index (κ2) is 6.61. The van der Waals surface area contributed by atoms with Gasteiger partial charge >= 0.3 is 0 Å². The first-order chi connectivity index (χ1) is 7.67. The van der Waals surface area contributed by atoms with Crippen LogP contribution in [0.15, 0.2) is 24.3 Å². The van der Waals surface area contributed by atoms with Gasteiger partial charge < -0.3 is 10.4 Å². The highest BCUT2D eigenvalue weighted by atomic mass is 19.1. The maximum atomic E-state index is 13.4. The van der Waals surface area contributed by atoms with Gasteiger partial charge in [0.1, 0.15) is 5.82 Å². The van der Waals surface area contributed by atoms with Crippen molar-refractivity contribution in [3.8, 4) is 0 Å². The van der Waals surface area contributed by atoms with Crippen molar-refractivity contribution in [1.82, 2.24) is 5.32 Å². The Bertz CT molecular complexity index is 313. The van der Waals surface area contributed by atoms with Gasteiger partial charge in [0.15, 0.2) is 0 Å². The lowest BCUT2D eigenvalue weighted by molar-refractivity contribution is 0.229. The van der Waals surface area contributed by atoms with E-state index >= 15 is 0 Å². The first-order valence-electron chi connectivity index (χ1n) is 5.77. The Morgan fingerprint density at radius 2 is 2.06 bits per heavy atom. The normalized spacial score (nSPS) is 14.8. The van der Waals surface area contributed by atoms with Crippen molar-refractivity contribution in [3.05, 3.63) is 35.6 Å². The first kappa shape index (κ1) is 13.1. The lowest BCUT2D eigenvalue weighted by Crippen LogP contribution is -2.39. The van der Waals surface area contributed by atoms with Crippen LogP contribution in [0.25, 0.3) is 0 Å². The van der Waals surface area contributed by atoms with Gasteiger partial charge in [0.05, 0.1) is 6.61 Å². The van der Waals surface area contributed by atoms with Crippen molar-refractivity contribution in [2.24, 2.45) is 0 Å². The van der Waals surface area contributed by atoms with Crippen LogP contribution >= 0.6 is 0 Å². The number of nitrogens with one attached hydrogen (secondary N) is 1. The molecule has 0 aliphatic rings. The summed E-state index contributed by atoms with van der Waals surface area (Å²) in [6.45, 7) is 4.15. The Kier molecular flexibility index (Phi) is 5.43. The van der Waals surface area contributed by atoms with E-state index in [1.807, 2.05) is 19.9 Å². The van der Waals surface area contributed by atoms with E-state index in [-0.39, 0.29) is 24.5 Å². The Balaban J connectivity index is 2.51. The molecule has 0 aromatic heterocycles. The minimum absolute atomic E-state index is 0.0989. The molecule has 0 heterocycles. The van der Waals surface area contributed by atoms with Gasteiger partial charge in [-0.25, -0.2) is 4.39 Å². The summed E-state index contributed by atoms with van der Waals surface area (Å²) in [6, 6.07) is 7.07.